The van der Waals surface area contributed by atoms with Gasteiger partial charge in [0.15, 0.2) is 4.90 Å². The maximum Gasteiger partial charge on any atom is 0.161 e. The van der Waals surface area contributed by atoms with Crippen molar-refractivity contribution >= 4 is 10.9 Å². The minimum absolute atomic E-state index is 0.120. The van der Waals surface area contributed by atoms with Crippen molar-refractivity contribution in [3.05, 3.63) is 29.1 Å². The number of hydrogen-bond donors (Lipinski definition) is 0. The van der Waals surface area contributed by atoms with Gasteiger partial charge in [0, 0.05) is 22.0 Å². The largest absolute Gasteiger partial charge is 0.372 e. The predicted molar refractivity (Wildman–Crippen MR) is 62.1 cm³/mol. The minimum Gasteiger partial charge on any atom is -0.372 e. The fourth-order valence-electron chi connectivity index (χ4n) is 2.08. The summed E-state index contributed by atoms with van der Waals surface area (Å²) < 4.78 is 18.5. The summed E-state index contributed by atoms with van der Waals surface area (Å²) in [6, 6.07) is 3.29. The van der Waals surface area contributed by atoms with E-state index in [2.05, 4.69) is 0 Å². The Hall–Kier alpha value is -0.540. The molecule has 0 N–H and O–H groups in total. The minimum atomic E-state index is -0.120. The first kappa shape index (κ1) is 11.0. The lowest BCUT2D eigenvalue weighted by Crippen LogP contribution is -2.27. The van der Waals surface area contributed by atoms with Gasteiger partial charge in [0.25, 0.3) is 0 Å². The number of hydrogen-bond acceptors (Lipinski definition) is 1. The van der Waals surface area contributed by atoms with Gasteiger partial charge < -0.3 is 4.74 Å². The van der Waals surface area contributed by atoms with E-state index in [9.17, 15) is 4.39 Å². The first-order chi connectivity index (χ1) is 7.18. The number of aryl methyl sites for hydroxylation is 2. The Morgan fingerprint density at radius 1 is 1.13 bits per heavy atom. The first-order valence-corrected chi connectivity index (χ1v) is 6.77. The third-order valence-corrected chi connectivity index (χ3v) is 5.20. The molecule has 0 saturated carbocycles. The molecule has 0 aliphatic carbocycles. The van der Waals surface area contributed by atoms with E-state index in [1.165, 1.54) is 4.90 Å². The van der Waals surface area contributed by atoms with Gasteiger partial charge in [-0.2, -0.15) is 0 Å². The van der Waals surface area contributed by atoms with E-state index >= 15 is 0 Å². The first-order valence-electron chi connectivity index (χ1n) is 5.20. The van der Waals surface area contributed by atoms with E-state index in [0.29, 0.717) is 0 Å². The molecule has 1 aliphatic rings. The van der Waals surface area contributed by atoms with Crippen LogP contribution in [0.25, 0.3) is 0 Å². The van der Waals surface area contributed by atoms with Gasteiger partial charge in [-0.1, -0.05) is 0 Å². The average molecular weight is 227 g/mol. The molecule has 1 aromatic rings. The van der Waals surface area contributed by atoms with E-state index in [4.69, 9.17) is 4.74 Å². The fourth-order valence-corrected chi connectivity index (χ4v) is 4.36. The zero-order chi connectivity index (χ0) is 10.8. The Morgan fingerprint density at radius 2 is 1.67 bits per heavy atom. The Morgan fingerprint density at radius 3 is 2.20 bits per heavy atom. The van der Waals surface area contributed by atoms with Crippen LogP contribution in [0.1, 0.15) is 11.1 Å². The van der Waals surface area contributed by atoms with Crippen molar-refractivity contribution in [1.82, 2.24) is 0 Å². The van der Waals surface area contributed by atoms with E-state index in [1.807, 2.05) is 13.8 Å². The summed E-state index contributed by atoms with van der Waals surface area (Å²) >= 11 is 0. The topological polar surface area (TPSA) is 9.23 Å². The lowest BCUT2D eigenvalue weighted by atomic mass is 10.1. The van der Waals surface area contributed by atoms with Crippen LogP contribution in [-0.4, -0.2) is 24.7 Å². The Kier molecular flexibility index (Phi) is 3.32. The van der Waals surface area contributed by atoms with Crippen LogP contribution in [-0.2, 0) is 15.6 Å². The van der Waals surface area contributed by atoms with E-state index in [0.717, 1.165) is 35.8 Å². The number of halogens is 1. The van der Waals surface area contributed by atoms with Crippen molar-refractivity contribution in [2.45, 2.75) is 18.7 Å². The fraction of sp³-hybridized carbons (Fsp3) is 0.500. The predicted octanol–water partition coefficient (Wildman–Crippen LogP) is 2.45. The third kappa shape index (κ3) is 2.34. The van der Waals surface area contributed by atoms with Gasteiger partial charge in [0.05, 0.1) is 13.2 Å². The van der Waals surface area contributed by atoms with Crippen LogP contribution in [0.2, 0.25) is 0 Å². The van der Waals surface area contributed by atoms with Crippen LogP contribution < -0.4 is 0 Å². The zero-order valence-electron chi connectivity index (χ0n) is 9.18. The molecule has 0 spiro atoms. The molecule has 1 aliphatic heterocycles. The van der Waals surface area contributed by atoms with Crippen molar-refractivity contribution < 1.29 is 9.13 Å². The Bertz CT molecular complexity index is 336. The molecule has 1 fully saturated rings. The van der Waals surface area contributed by atoms with Crippen molar-refractivity contribution in [2.75, 3.05) is 24.7 Å². The van der Waals surface area contributed by atoms with Crippen LogP contribution in [0, 0.1) is 19.7 Å². The normalized spacial score (nSPS) is 18.1. The maximum atomic E-state index is 13.2. The summed E-state index contributed by atoms with van der Waals surface area (Å²) in [5.41, 5.74) is 2.19. The lowest BCUT2D eigenvalue weighted by Gasteiger charge is -2.17. The van der Waals surface area contributed by atoms with Crippen molar-refractivity contribution in [3.8, 4) is 0 Å². The molecule has 15 heavy (non-hydrogen) atoms. The van der Waals surface area contributed by atoms with Crippen LogP contribution >= 0.6 is 0 Å². The van der Waals surface area contributed by atoms with Gasteiger partial charge in [0.1, 0.15) is 17.3 Å². The second-order valence-corrected chi connectivity index (χ2v) is 6.09. The monoisotopic (exact) mass is 227 g/mol. The number of ether oxygens (including phenoxy) is 1. The van der Waals surface area contributed by atoms with Crippen molar-refractivity contribution in [1.29, 1.82) is 0 Å². The highest BCUT2D eigenvalue weighted by Gasteiger charge is 2.28. The van der Waals surface area contributed by atoms with Crippen LogP contribution in [0.5, 0.6) is 0 Å². The van der Waals surface area contributed by atoms with Crippen LogP contribution in [0.15, 0.2) is 17.0 Å². The SMILES string of the molecule is Cc1cc(F)cc(C)c1[S+]1CCOCC1. The van der Waals surface area contributed by atoms with E-state index in [-0.39, 0.29) is 16.7 Å². The standard InChI is InChI=1S/C12H16FOS/c1-9-7-11(13)8-10(2)12(9)15-5-3-14-4-6-15/h7-8H,3-6H2,1-2H3/q+1. The maximum absolute atomic E-state index is 13.2. The number of rotatable bonds is 1. The number of benzene rings is 1. The highest BCUT2D eigenvalue weighted by molar-refractivity contribution is 7.97. The van der Waals surface area contributed by atoms with Gasteiger partial charge in [0.2, 0.25) is 0 Å². The molecule has 1 heterocycles. The van der Waals surface area contributed by atoms with Gasteiger partial charge >= 0.3 is 0 Å². The van der Waals surface area contributed by atoms with E-state index in [1.54, 1.807) is 12.1 Å². The van der Waals surface area contributed by atoms with Crippen LogP contribution in [0.4, 0.5) is 4.39 Å². The summed E-state index contributed by atoms with van der Waals surface area (Å²) in [6.07, 6.45) is 0. The highest BCUT2D eigenvalue weighted by Crippen LogP contribution is 2.25. The molecular formula is C12H16FOS+. The molecule has 0 radical (unpaired) electrons. The van der Waals surface area contributed by atoms with Crippen LogP contribution in [0.3, 0.4) is 0 Å². The molecule has 1 saturated heterocycles. The summed E-state index contributed by atoms with van der Waals surface area (Å²) in [5.74, 6) is 2.06. The van der Waals surface area contributed by atoms with Gasteiger partial charge in [-0.25, -0.2) is 4.39 Å². The smallest absolute Gasteiger partial charge is 0.161 e. The highest BCUT2D eigenvalue weighted by atomic mass is 32.2. The van der Waals surface area contributed by atoms with Crippen molar-refractivity contribution in [2.24, 2.45) is 0 Å². The molecule has 1 aromatic carbocycles. The van der Waals surface area contributed by atoms with Gasteiger partial charge in [-0.3, -0.25) is 0 Å². The molecule has 1 nitrogen and oxygen atoms in total. The summed E-state index contributed by atoms with van der Waals surface area (Å²) in [7, 11) is 0.269. The summed E-state index contributed by atoms with van der Waals surface area (Å²) in [6.45, 7) is 5.71. The molecule has 0 atom stereocenters. The second-order valence-electron chi connectivity index (χ2n) is 3.88. The summed E-state index contributed by atoms with van der Waals surface area (Å²) in [4.78, 5) is 1.36. The molecule has 0 bridgehead atoms. The Balaban J connectivity index is 2.33. The third-order valence-electron chi connectivity index (χ3n) is 2.66. The average Bonchev–Trinajstić information content (AvgIpc) is 2.17. The molecule has 82 valence electrons. The molecule has 3 heteroatoms. The van der Waals surface area contributed by atoms with Crippen molar-refractivity contribution in [3.63, 3.8) is 0 Å². The molecule has 2 rings (SSSR count). The zero-order valence-corrected chi connectivity index (χ0v) is 9.99. The summed E-state index contributed by atoms with van der Waals surface area (Å²) in [5, 5.41) is 0. The molecular weight excluding hydrogens is 211 g/mol. The van der Waals surface area contributed by atoms with Gasteiger partial charge in [-0.05, 0) is 26.0 Å². The molecule has 0 unspecified atom stereocenters. The van der Waals surface area contributed by atoms with Gasteiger partial charge in [-0.15, -0.1) is 0 Å². The van der Waals surface area contributed by atoms with E-state index < -0.39 is 0 Å². The second kappa shape index (κ2) is 4.54. The Labute approximate surface area is 93.0 Å². The lowest BCUT2D eigenvalue weighted by molar-refractivity contribution is 0.159. The molecule has 0 amide bonds. The quantitative estimate of drug-likeness (QED) is 0.670. The molecule has 0 aromatic heterocycles.